The highest BCUT2D eigenvalue weighted by atomic mass is 16.6. The number of carbonyl (C=O) groups is 2. The molecule has 9 heteroatoms. The number of carbonyl (C=O) groups excluding carboxylic acids is 2. The van der Waals surface area contributed by atoms with Crippen LogP contribution in [0, 0.1) is 16.0 Å². The van der Waals surface area contributed by atoms with Gasteiger partial charge in [0.1, 0.15) is 11.7 Å². The first-order chi connectivity index (χ1) is 14.6. The number of esters is 1. The van der Waals surface area contributed by atoms with Crippen LogP contribution in [0.1, 0.15) is 51.5 Å². The number of allylic oxidation sites excluding steroid dienone is 2. The molecule has 0 bridgehead atoms. The smallest absolute Gasteiger partial charge is 0.316 e. The average molecular weight is 429 g/mol. The summed E-state index contributed by atoms with van der Waals surface area (Å²) in [7, 11) is 0. The van der Waals surface area contributed by atoms with Crippen LogP contribution in [-0.2, 0) is 14.3 Å². The van der Waals surface area contributed by atoms with Crippen molar-refractivity contribution in [3.05, 3.63) is 51.4 Å². The molecule has 1 aromatic carbocycles. The van der Waals surface area contributed by atoms with Gasteiger partial charge in [0.25, 0.3) is 5.69 Å². The van der Waals surface area contributed by atoms with Crippen LogP contribution in [0.5, 0.6) is 11.5 Å². The van der Waals surface area contributed by atoms with Crippen LogP contribution in [0.25, 0.3) is 0 Å². The summed E-state index contributed by atoms with van der Waals surface area (Å²) in [6.07, 6.45) is 1.13. The van der Waals surface area contributed by atoms with Gasteiger partial charge in [-0.25, -0.2) is 0 Å². The second kappa shape index (κ2) is 8.79. The fraction of sp³-hybridized carbons (Fsp3) is 0.455. The standard InChI is InChI=1S/C22H26N2O7/c1-5-30-17-10-13(9-15(21(17)26)24(28)29)19-18(22(27)31-11(2)3)12(4)23-14-7-6-8-16(25)20(14)19/h9-11,18-19,23,26H,4-8H2,1-3H3/p-1. The fourth-order valence-electron chi connectivity index (χ4n) is 4.12. The predicted molar refractivity (Wildman–Crippen MR) is 109 cm³/mol. The van der Waals surface area contributed by atoms with Crippen molar-refractivity contribution in [2.75, 3.05) is 6.61 Å². The third-order valence-electron chi connectivity index (χ3n) is 5.31. The minimum Gasteiger partial charge on any atom is -0.865 e. The second-order valence-corrected chi connectivity index (χ2v) is 7.82. The number of nitro groups is 1. The summed E-state index contributed by atoms with van der Waals surface area (Å²) in [6.45, 7) is 9.14. The zero-order chi connectivity index (χ0) is 22.9. The molecule has 1 aliphatic heterocycles. The molecule has 0 saturated carbocycles. The maximum absolute atomic E-state index is 13.0. The summed E-state index contributed by atoms with van der Waals surface area (Å²) >= 11 is 0. The molecule has 3 rings (SSSR count). The van der Waals surface area contributed by atoms with E-state index in [4.69, 9.17) is 9.47 Å². The van der Waals surface area contributed by atoms with Gasteiger partial charge >= 0.3 is 5.97 Å². The maximum Gasteiger partial charge on any atom is 0.316 e. The zero-order valence-electron chi connectivity index (χ0n) is 17.7. The Morgan fingerprint density at radius 2 is 2.06 bits per heavy atom. The summed E-state index contributed by atoms with van der Waals surface area (Å²) in [4.78, 5) is 36.6. The number of ketones is 1. The van der Waals surface area contributed by atoms with E-state index in [0.29, 0.717) is 36.2 Å². The summed E-state index contributed by atoms with van der Waals surface area (Å²) in [6, 6.07) is 2.50. The highest BCUT2D eigenvalue weighted by molar-refractivity contribution is 6.00. The molecule has 2 unspecified atom stereocenters. The minimum absolute atomic E-state index is 0.125. The Labute approximate surface area is 179 Å². The fourth-order valence-corrected chi connectivity index (χ4v) is 4.12. The van der Waals surface area contributed by atoms with Gasteiger partial charge in [0.05, 0.1) is 17.6 Å². The van der Waals surface area contributed by atoms with Gasteiger partial charge in [-0.1, -0.05) is 6.58 Å². The lowest BCUT2D eigenvalue weighted by molar-refractivity contribution is -0.398. The van der Waals surface area contributed by atoms with E-state index in [1.54, 1.807) is 20.8 Å². The Morgan fingerprint density at radius 3 is 2.68 bits per heavy atom. The van der Waals surface area contributed by atoms with Gasteiger partial charge in [-0.2, -0.15) is 0 Å². The first kappa shape index (κ1) is 22.3. The third-order valence-corrected chi connectivity index (χ3v) is 5.31. The van der Waals surface area contributed by atoms with E-state index in [2.05, 4.69) is 11.9 Å². The normalized spacial score (nSPS) is 20.9. The lowest BCUT2D eigenvalue weighted by Crippen LogP contribution is -2.41. The Hall–Kier alpha value is -3.36. The van der Waals surface area contributed by atoms with Crippen LogP contribution in [0.3, 0.4) is 0 Å². The van der Waals surface area contributed by atoms with Crippen molar-refractivity contribution in [1.82, 2.24) is 5.32 Å². The number of Topliss-reactive ketones (excluding diaryl/α,β-unsaturated/α-hetero) is 1. The molecule has 0 fully saturated rings. The van der Waals surface area contributed by atoms with E-state index in [9.17, 15) is 24.8 Å². The monoisotopic (exact) mass is 429 g/mol. The van der Waals surface area contributed by atoms with Gasteiger partial charge in [0.15, 0.2) is 5.78 Å². The summed E-state index contributed by atoms with van der Waals surface area (Å²) < 4.78 is 10.7. The van der Waals surface area contributed by atoms with Crippen LogP contribution in [0.15, 0.2) is 35.7 Å². The van der Waals surface area contributed by atoms with Gasteiger partial charge in [0, 0.05) is 41.1 Å². The largest absolute Gasteiger partial charge is 0.865 e. The molecule has 2 aliphatic rings. The van der Waals surface area contributed by atoms with Gasteiger partial charge < -0.3 is 19.9 Å². The van der Waals surface area contributed by atoms with Crippen molar-refractivity contribution in [3.63, 3.8) is 0 Å². The second-order valence-electron chi connectivity index (χ2n) is 7.82. The molecule has 31 heavy (non-hydrogen) atoms. The number of hydrogen-bond donors (Lipinski definition) is 1. The molecule has 0 amide bonds. The molecule has 1 aliphatic carbocycles. The predicted octanol–water partition coefficient (Wildman–Crippen LogP) is 2.84. The maximum atomic E-state index is 13.0. The molecule has 0 aromatic heterocycles. The quantitative estimate of drug-likeness (QED) is 0.415. The zero-order valence-corrected chi connectivity index (χ0v) is 17.7. The van der Waals surface area contributed by atoms with E-state index in [1.165, 1.54) is 6.07 Å². The molecule has 9 nitrogen and oxygen atoms in total. The molecule has 0 saturated heterocycles. The summed E-state index contributed by atoms with van der Waals surface area (Å²) in [5, 5.41) is 27.1. The van der Waals surface area contributed by atoms with Gasteiger partial charge in [-0.15, -0.1) is 0 Å². The highest BCUT2D eigenvalue weighted by Gasteiger charge is 2.44. The summed E-state index contributed by atoms with van der Waals surface area (Å²) in [5.74, 6) is -3.67. The molecule has 1 heterocycles. The molecular weight excluding hydrogens is 404 g/mol. The number of benzene rings is 1. The third kappa shape index (κ3) is 4.26. The summed E-state index contributed by atoms with van der Waals surface area (Å²) in [5.41, 5.74) is 0.958. The van der Waals surface area contributed by atoms with Crippen molar-refractivity contribution < 1.29 is 29.1 Å². The van der Waals surface area contributed by atoms with Crippen molar-refractivity contribution in [1.29, 1.82) is 0 Å². The first-order valence-corrected chi connectivity index (χ1v) is 10.2. The Balaban J connectivity index is 2.25. The lowest BCUT2D eigenvalue weighted by Gasteiger charge is -2.38. The van der Waals surface area contributed by atoms with Crippen LogP contribution >= 0.6 is 0 Å². The first-order valence-electron chi connectivity index (χ1n) is 10.2. The Bertz CT molecular complexity index is 980. The molecule has 166 valence electrons. The number of nitro benzene ring substituents is 1. The SMILES string of the molecule is C=C1NC2=C(C(=O)CCC2)C(c2cc(OCC)c([O-])c([N+](=O)[O-])c2)C1C(=O)OC(C)C. The molecule has 1 aromatic rings. The highest BCUT2D eigenvalue weighted by Crippen LogP contribution is 2.47. The lowest BCUT2D eigenvalue weighted by atomic mass is 9.71. The molecule has 0 spiro atoms. The van der Waals surface area contributed by atoms with E-state index < -0.39 is 40.3 Å². The average Bonchev–Trinajstić information content (AvgIpc) is 2.68. The van der Waals surface area contributed by atoms with Gasteiger partial charge in [0.2, 0.25) is 0 Å². The molecule has 2 atom stereocenters. The van der Waals surface area contributed by atoms with Crippen molar-refractivity contribution >= 4 is 17.4 Å². The van der Waals surface area contributed by atoms with E-state index in [1.807, 2.05) is 0 Å². The number of nitrogens with zero attached hydrogens (tertiary/aromatic N) is 1. The van der Waals surface area contributed by atoms with Crippen molar-refractivity contribution in [2.24, 2.45) is 5.92 Å². The van der Waals surface area contributed by atoms with Gasteiger partial charge in [-0.05, 0) is 45.2 Å². The van der Waals surface area contributed by atoms with Gasteiger partial charge in [-0.3, -0.25) is 19.7 Å². The topological polar surface area (TPSA) is 131 Å². The molecule has 0 radical (unpaired) electrons. The van der Waals surface area contributed by atoms with Crippen LogP contribution in [0.4, 0.5) is 5.69 Å². The number of hydrogen-bond acceptors (Lipinski definition) is 8. The van der Waals surface area contributed by atoms with Crippen LogP contribution in [0.2, 0.25) is 0 Å². The van der Waals surface area contributed by atoms with Crippen LogP contribution < -0.4 is 15.2 Å². The Kier molecular flexibility index (Phi) is 6.33. The van der Waals surface area contributed by atoms with E-state index >= 15 is 0 Å². The van der Waals surface area contributed by atoms with E-state index in [-0.39, 0.29) is 23.7 Å². The minimum atomic E-state index is -0.991. The number of nitrogens with one attached hydrogen (secondary N) is 1. The Morgan fingerprint density at radius 1 is 1.35 bits per heavy atom. The molecular formula is C22H25N2O7-. The van der Waals surface area contributed by atoms with E-state index in [0.717, 1.165) is 6.07 Å². The van der Waals surface area contributed by atoms with Crippen molar-refractivity contribution in [2.45, 2.75) is 52.1 Å². The molecule has 1 N–H and O–H groups in total. The van der Waals surface area contributed by atoms with Crippen molar-refractivity contribution in [3.8, 4) is 11.5 Å². The van der Waals surface area contributed by atoms with Crippen LogP contribution in [-0.4, -0.2) is 29.4 Å². The number of ether oxygens (including phenoxy) is 2. The number of rotatable bonds is 6.